The molecular formula is C19H20N2O5S. The predicted octanol–water partition coefficient (Wildman–Crippen LogP) is 1.89. The van der Waals surface area contributed by atoms with Crippen LogP contribution >= 0.6 is 0 Å². The maximum atomic E-state index is 13.3. The van der Waals surface area contributed by atoms with Gasteiger partial charge in [-0.25, -0.2) is 8.42 Å². The maximum Gasteiger partial charge on any atom is 0.223 e. The third-order valence-electron chi connectivity index (χ3n) is 4.68. The highest BCUT2D eigenvalue weighted by atomic mass is 32.2. The molecule has 1 aromatic heterocycles. The number of sulfone groups is 1. The molecule has 142 valence electrons. The molecule has 7 nitrogen and oxygen atoms in total. The molecule has 1 aliphatic carbocycles. The molecule has 0 saturated heterocycles. The number of carbonyl (C=O) groups excluding carboxylic acids is 1. The molecule has 1 aliphatic heterocycles. The van der Waals surface area contributed by atoms with Gasteiger partial charge < -0.3 is 14.8 Å². The first kappa shape index (κ1) is 17.8. The predicted molar refractivity (Wildman–Crippen MR) is 97.3 cm³/mol. The van der Waals surface area contributed by atoms with Crippen molar-refractivity contribution in [3.63, 3.8) is 0 Å². The van der Waals surface area contributed by atoms with E-state index in [-0.39, 0.29) is 23.3 Å². The van der Waals surface area contributed by atoms with Crippen molar-refractivity contribution in [2.75, 3.05) is 19.8 Å². The molecule has 2 aromatic rings. The van der Waals surface area contributed by atoms with Gasteiger partial charge in [-0.05, 0) is 36.6 Å². The van der Waals surface area contributed by atoms with Crippen LogP contribution < -0.4 is 14.8 Å². The van der Waals surface area contributed by atoms with E-state index in [1.165, 1.54) is 18.3 Å². The maximum absolute atomic E-state index is 13.3. The average Bonchev–Trinajstić information content (AvgIpc) is 3.53. The Morgan fingerprint density at radius 1 is 1.19 bits per heavy atom. The summed E-state index contributed by atoms with van der Waals surface area (Å²) in [5.41, 5.74) is 0.531. The number of hydrogen-bond donors (Lipinski definition) is 1. The normalized spacial score (nSPS) is 17.2. The molecule has 0 spiro atoms. The number of ether oxygens (including phenoxy) is 2. The van der Waals surface area contributed by atoms with Gasteiger partial charge in [-0.3, -0.25) is 9.78 Å². The topological polar surface area (TPSA) is 94.6 Å². The van der Waals surface area contributed by atoms with E-state index in [1.807, 2.05) is 0 Å². The molecular weight excluding hydrogens is 368 g/mol. The fourth-order valence-corrected chi connectivity index (χ4v) is 4.68. The van der Waals surface area contributed by atoms with Crippen molar-refractivity contribution in [2.45, 2.75) is 23.0 Å². The second-order valence-electron chi connectivity index (χ2n) is 6.64. The van der Waals surface area contributed by atoms with Crippen LogP contribution in [-0.2, 0) is 14.6 Å². The first-order chi connectivity index (χ1) is 13.1. The first-order valence-electron chi connectivity index (χ1n) is 8.87. The molecule has 1 aromatic carbocycles. The zero-order chi connectivity index (χ0) is 18.9. The number of hydrogen-bond acceptors (Lipinski definition) is 6. The summed E-state index contributed by atoms with van der Waals surface area (Å²) in [5, 5.41) is 1.85. The summed E-state index contributed by atoms with van der Waals surface area (Å²) >= 11 is 0. The Bertz CT molecular complexity index is 942. The molecule has 0 bridgehead atoms. The minimum atomic E-state index is -3.78. The fraction of sp³-hybridized carbons (Fsp3) is 0.368. The summed E-state index contributed by atoms with van der Waals surface area (Å²) in [6.45, 7) is 0.808. The Morgan fingerprint density at radius 2 is 1.96 bits per heavy atom. The summed E-state index contributed by atoms with van der Waals surface area (Å²) in [7, 11) is -3.78. The summed E-state index contributed by atoms with van der Waals surface area (Å²) in [6.07, 6.45) is 4.82. The summed E-state index contributed by atoms with van der Waals surface area (Å²) < 4.78 is 37.7. The molecule has 1 amide bonds. The second kappa shape index (κ2) is 7.19. The van der Waals surface area contributed by atoms with E-state index >= 15 is 0 Å². The molecule has 1 N–H and O–H groups in total. The molecule has 0 unspecified atom stereocenters. The highest BCUT2D eigenvalue weighted by molar-refractivity contribution is 7.91. The molecule has 4 rings (SSSR count). The van der Waals surface area contributed by atoms with Crippen LogP contribution in [0.25, 0.3) is 0 Å². The van der Waals surface area contributed by atoms with E-state index in [4.69, 9.17) is 9.47 Å². The van der Waals surface area contributed by atoms with Gasteiger partial charge in [-0.2, -0.15) is 0 Å². The van der Waals surface area contributed by atoms with Crippen LogP contribution in [0.15, 0.2) is 47.6 Å². The Balaban J connectivity index is 1.65. The van der Waals surface area contributed by atoms with Crippen LogP contribution in [-0.4, -0.2) is 39.1 Å². The van der Waals surface area contributed by atoms with E-state index < -0.39 is 15.1 Å². The third kappa shape index (κ3) is 3.75. The second-order valence-corrected chi connectivity index (χ2v) is 8.78. The number of fused-ring (bicyclic) bond motifs is 1. The van der Waals surface area contributed by atoms with Crippen LogP contribution in [0, 0.1) is 5.92 Å². The zero-order valence-electron chi connectivity index (χ0n) is 14.6. The zero-order valence-corrected chi connectivity index (χ0v) is 15.4. The molecule has 8 heteroatoms. The number of benzene rings is 1. The third-order valence-corrected chi connectivity index (χ3v) is 6.78. The molecule has 27 heavy (non-hydrogen) atoms. The van der Waals surface area contributed by atoms with Gasteiger partial charge in [0.2, 0.25) is 5.91 Å². The lowest BCUT2D eigenvalue weighted by Gasteiger charge is -2.21. The highest BCUT2D eigenvalue weighted by Gasteiger charge is 2.34. The summed E-state index contributed by atoms with van der Waals surface area (Å²) in [5.74, 6) is 0.854. The van der Waals surface area contributed by atoms with Crippen LogP contribution in [0.2, 0.25) is 0 Å². The van der Waals surface area contributed by atoms with Crippen molar-refractivity contribution in [3.8, 4) is 11.5 Å². The Labute approximate surface area is 157 Å². The van der Waals surface area contributed by atoms with E-state index in [1.54, 1.807) is 24.4 Å². The molecule has 1 saturated carbocycles. The Kier molecular flexibility index (Phi) is 4.73. The highest BCUT2D eigenvalue weighted by Crippen LogP contribution is 2.36. The monoisotopic (exact) mass is 388 g/mol. The van der Waals surface area contributed by atoms with E-state index in [0.29, 0.717) is 30.3 Å². The molecule has 0 radical (unpaired) electrons. The number of nitrogens with one attached hydrogen (secondary N) is 1. The lowest BCUT2D eigenvalue weighted by molar-refractivity contribution is -0.122. The van der Waals surface area contributed by atoms with Gasteiger partial charge in [0.1, 0.15) is 18.5 Å². The van der Waals surface area contributed by atoms with Crippen molar-refractivity contribution in [1.82, 2.24) is 10.3 Å². The average molecular weight is 388 g/mol. The minimum Gasteiger partial charge on any atom is -0.486 e. The fourth-order valence-electron chi connectivity index (χ4n) is 3.02. The van der Waals surface area contributed by atoms with Crippen LogP contribution in [0.4, 0.5) is 0 Å². The van der Waals surface area contributed by atoms with E-state index in [9.17, 15) is 13.2 Å². The Morgan fingerprint density at radius 3 is 2.67 bits per heavy atom. The molecule has 2 heterocycles. The van der Waals surface area contributed by atoms with Gasteiger partial charge in [0.15, 0.2) is 21.3 Å². The lowest BCUT2D eigenvalue weighted by atomic mass is 10.2. The quantitative estimate of drug-likeness (QED) is 0.812. The summed E-state index contributed by atoms with van der Waals surface area (Å²) in [4.78, 5) is 16.2. The molecule has 2 aliphatic rings. The SMILES string of the molecule is O=C(NC[C@H](c1cccnc1)S(=O)(=O)c1ccc2c(c1)OCCO2)C1CC1. The van der Waals surface area contributed by atoms with Gasteiger partial charge in [-0.15, -0.1) is 0 Å². The van der Waals surface area contributed by atoms with Crippen molar-refractivity contribution in [2.24, 2.45) is 5.92 Å². The number of pyridine rings is 1. The van der Waals surface area contributed by atoms with Gasteiger partial charge in [0.25, 0.3) is 0 Å². The number of carbonyl (C=O) groups is 1. The first-order valence-corrected chi connectivity index (χ1v) is 10.4. The van der Waals surface area contributed by atoms with Crippen LogP contribution in [0.1, 0.15) is 23.7 Å². The number of rotatable bonds is 6. The lowest BCUT2D eigenvalue weighted by Crippen LogP contribution is -2.33. The van der Waals surface area contributed by atoms with E-state index in [0.717, 1.165) is 12.8 Å². The smallest absolute Gasteiger partial charge is 0.223 e. The van der Waals surface area contributed by atoms with Gasteiger partial charge in [-0.1, -0.05) is 6.07 Å². The van der Waals surface area contributed by atoms with Crippen molar-refractivity contribution in [3.05, 3.63) is 48.3 Å². The van der Waals surface area contributed by atoms with Crippen molar-refractivity contribution in [1.29, 1.82) is 0 Å². The van der Waals surface area contributed by atoms with Gasteiger partial charge >= 0.3 is 0 Å². The van der Waals surface area contributed by atoms with Gasteiger partial charge in [0, 0.05) is 30.9 Å². The number of amides is 1. The van der Waals surface area contributed by atoms with Crippen LogP contribution in [0.3, 0.4) is 0 Å². The number of nitrogens with zero attached hydrogens (tertiary/aromatic N) is 1. The molecule has 1 atom stereocenters. The van der Waals surface area contributed by atoms with E-state index in [2.05, 4.69) is 10.3 Å². The van der Waals surface area contributed by atoms with Crippen LogP contribution in [0.5, 0.6) is 11.5 Å². The van der Waals surface area contributed by atoms with Gasteiger partial charge in [0.05, 0.1) is 4.90 Å². The molecule has 1 fully saturated rings. The van der Waals surface area contributed by atoms with Crippen molar-refractivity contribution < 1.29 is 22.7 Å². The summed E-state index contributed by atoms with van der Waals surface area (Å²) in [6, 6.07) is 7.98. The largest absolute Gasteiger partial charge is 0.486 e. The minimum absolute atomic E-state index is 0.00218. The number of aromatic nitrogens is 1. The van der Waals surface area contributed by atoms with Crippen molar-refractivity contribution >= 4 is 15.7 Å². The Hall–Kier alpha value is -2.61. The standard InChI is InChI=1S/C19H20N2O5S/c22-19(13-3-4-13)21-12-18(14-2-1-7-20-11-14)27(23,24)15-5-6-16-17(10-15)26-9-8-25-16/h1-2,5-7,10-11,13,18H,3-4,8-9,12H2,(H,21,22)/t18-/m1/s1.